The van der Waals surface area contributed by atoms with Crippen molar-refractivity contribution in [3.63, 3.8) is 0 Å². The fourth-order valence-corrected chi connectivity index (χ4v) is 7.12. The molecule has 41 heavy (non-hydrogen) atoms. The average Bonchev–Trinajstić information content (AvgIpc) is 2.85. The van der Waals surface area contributed by atoms with Gasteiger partial charge >= 0.3 is 0 Å². The van der Waals surface area contributed by atoms with E-state index in [0.717, 1.165) is 11.4 Å². The third kappa shape index (κ3) is 5.54. The molecular formula is C32H34Cl2N2O5. The number of benzene rings is 2. The predicted molar refractivity (Wildman–Crippen MR) is 159 cm³/mol. The predicted octanol–water partition coefficient (Wildman–Crippen LogP) is 8.19. The van der Waals surface area contributed by atoms with Crippen LogP contribution in [0.5, 0.6) is 5.75 Å². The molecule has 1 heterocycles. The zero-order valence-corrected chi connectivity index (χ0v) is 25.5. The number of hydrogen-bond acceptors (Lipinski definition) is 6. The largest absolute Gasteiger partial charge is 0.487 e. The average molecular weight is 598 g/mol. The van der Waals surface area contributed by atoms with Crippen molar-refractivity contribution in [1.29, 1.82) is 0 Å². The first-order valence-corrected chi connectivity index (χ1v) is 14.6. The maximum absolute atomic E-state index is 14.0. The highest BCUT2D eigenvalue weighted by molar-refractivity contribution is 6.35. The molecule has 2 aliphatic carbocycles. The summed E-state index contributed by atoms with van der Waals surface area (Å²) in [6.45, 7) is 11.2. The van der Waals surface area contributed by atoms with Crippen LogP contribution >= 0.6 is 23.2 Å². The van der Waals surface area contributed by atoms with Crippen LogP contribution in [0.15, 0.2) is 58.9 Å². The Kier molecular flexibility index (Phi) is 7.58. The number of nitrogens with zero attached hydrogens (tertiary/aromatic N) is 2. The number of ketones is 2. The van der Waals surface area contributed by atoms with Gasteiger partial charge in [-0.1, -0.05) is 50.9 Å². The number of Topliss-reactive ketones (excluding diaryl/α,β-unsaturated/α-hetero) is 2. The highest BCUT2D eigenvalue weighted by Gasteiger charge is 2.49. The highest BCUT2D eigenvalue weighted by Crippen LogP contribution is 2.56. The van der Waals surface area contributed by atoms with Gasteiger partial charge in [-0.3, -0.25) is 19.7 Å². The van der Waals surface area contributed by atoms with Crippen molar-refractivity contribution < 1.29 is 19.2 Å². The van der Waals surface area contributed by atoms with E-state index >= 15 is 0 Å². The first kappa shape index (κ1) is 29.3. The number of allylic oxidation sites excluding steroid dienone is 4. The molecule has 0 atom stereocenters. The standard InChI is InChI=1S/C32H34Cl2N2O5/c1-6-35-23-13-31(2,3)15-25(37)28(23)27(29-24(35)14-32(4,5)16-26(29)38)21-11-19(33)12-22(34)30(21)41-17-18-7-9-20(10-8-18)36(39)40/h7-12,27H,6,13-17H2,1-5H3. The summed E-state index contributed by atoms with van der Waals surface area (Å²) in [7, 11) is 0. The number of halogens is 2. The quantitative estimate of drug-likeness (QED) is 0.246. The van der Waals surface area contributed by atoms with Gasteiger partial charge in [-0.25, -0.2) is 0 Å². The smallest absolute Gasteiger partial charge is 0.269 e. The molecular weight excluding hydrogens is 563 g/mol. The molecule has 0 amide bonds. The first-order chi connectivity index (χ1) is 19.2. The topological polar surface area (TPSA) is 89.8 Å². The molecule has 7 nitrogen and oxygen atoms in total. The number of rotatable bonds is 6. The van der Waals surface area contributed by atoms with E-state index in [1.54, 1.807) is 24.3 Å². The minimum atomic E-state index is -0.655. The molecule has 0 unspecified atom stereocenters. The van der Waals surface area contributed by atoms with Crippen molar-refractivity contribution in [3.8, 4) is 5.75 Å². The number of carbonyl (C=O) groups excluding carboxylic acids is 2. The van der Waals surface area contributed by atoms with Crippen LogP contribution < -0.4 is 4.74 Å². The Balaban J connectivity index is 1.68. The molecule has 2 aromatic rings. The maximum atomic E-state index is 14.0. The fourth-order valence-electron chi connectivity index (χ4n) is 6.56. The molecule has 0 spiro atoms. The molecule has 3 aliphatic rings. The van der Waals surface area contributed by atoms with Crippen molar-refractivity contribution >= 4 is 40.5 Å². The second kappa shape index (κ2) is 10.6. The van der Waals surface area contributed by atoms with E-state index < -0.39 is 10.8 Å². The number of nitro groups is 1. The van der Waals surface area contributed by atoms with Gasteiger partial charge in [0.25, 0.3) is 5.69 Å². The lowest BCUT2D eigenvalue weighted by Gasteiger charge is -2.49. The Labute approximate surface area is 250 Å². The van der Waals surface area contributed by atoms with Gasteiger partial charge in [0.1, 0.15) is 12.4 Å². The summed E-state index contributed by atoms with van der Waals surface area (Å²) < 4.78 is 6.29. The van der Waals surface area contributed by atoms with Crippen molar-refractivity contribution in [3.05, 3.63) is 90.2 Å². The van der Waals surface area contributed by atoms with Gasteiger partial charge < -0.3 is 9.64 Å². The van der Waals surface area contributed by atoms with Gasteiger partial charge in [0.15, 0.2) is 11.6 Å². The third-order valence-electron chi connectivity index (χ3n) is 8.22. The second-order valence-corrected chi connectivity index (χ2v) is 13.6. The molecule has 216 valence electrons. The summed E-state index contributed by atoms with van der Waals surface area (Å²) in [5.74, 6) is -0.279. The summed E-state index contributed by atoms with van der Waals surface area (Å²) >= 11 is 13.3. The van der Waals surface area contributed by atoms with Gasteiger partial charge in [0.05, 0.1) is 9.95 Å². The summed E-state index contributed by atoms with van der Waals surface area (Å²) in [6.07, 6.45) is 2.15. The fraction of sp³-hybridized carbons (Fsp3) is 0.438. The molecule has 0 saturated heterocycles. The van der Waals surface area contributed by atoms with Crippen LogP contribution in [0.2, 0.25) is 10.0 Å². The number of carbonyl (C=O) groups is 2. The van der Waals surface area contributed by atoms with E-state index in [0.29, 0.717) is 65.3 Å². The lowest BCUT2D eigenvalue weighted by Crippen LogP contribution is -2.44. The monoisotopic (exact) mass is 596 g/mol. The van der Waals surface area contributed by atoms with Crippen LogP contribution in [-0.2, 0) is 16.2 Å². The van der Waals surface area contributed by atoms with Gasteiger partial charge in [-0.05, 0) is 60.4 Å². The van der Waals surface area contributed by atoms with Crippen LogP contribution in [0.3, 0.4) is 0 Å². The van der Waals surface area contributed by atoms with Gasteiger partial charge in [-0.15, -0.1) is 0 Å². The lowest BCUT2D eigenvalue weighted by atomic mass is 9.63. The molecule has 0 N–H and O–H groups in total. The van der Waals surface area contributed by atoms with E-state index in [-0.39, 0.29) is 39.7 Å². The van der Waals surface area contributed by atoms with Crippen LogP contribution in [0.1, 0.15) is 77.3 Å². The van der Waals surface area contributed by atoms with Crippen molar-refractivity contribution in [2.24, 2.45) is 10.8 Å². The molecule has 0 bridgehead atoms. The first-order valence-electron chi connectivity index (χ1n) is 13.9. The van der Waals surface area contributed by atoms with Crippen LogP contribution in [-0.4, -0.2) is 27.9 Å². The molecule has 1 aliphatic heterocycles. The molecule has 9 heteroatoms. The van der Waals surface area contributed by atoms with Crippen molar-refractivity contribution in [2.45, 2.75) is 72.8 Å². The number of non-ortho nitro benzene ring substituents is 1. The molecule has 0 saturated carbocycles. The van der Waals surface area contributed by atoms with Crippen LogP contribution in [0.4, 0.5) is 5.69 Å². The molecule has 2 aromatic carbocycles. The molecule has 0 fully saturated rings. The molecule has 5 rings (SSSR count). The minimum Gasteiger partial charge on any atom is -0.487 e. The Morgan fingerprint density at radius 3 is 1.95 bits per heavy atom. The summed E-state index contributed by atoms with van der Waals surface area (Å²) in [5, 5.41) is 11.7. The normalized spacial score (nSPS) is 20.2. The maximum Gasteiger partial charge on any atom is 0.269 e. The number of ether oxygens (including phenoxy) is 1. The van der Waals surface area contributed by atoms with E-state index in [1.165, 1.54) is 12.1 Å². The van der Waals surface area contributed by atoms with Crippen molar-refractivity contribution in [2.75, 3.05) is 6.54 Å². The Morgan fingerprint density at radius 2 is 1.46 bits per heavy atom. The Morgan fingerprint density at radius 1 is 0.927 bits per heavy atom. The van der Waals surface area contributed by atoms with E-state index in [2.05, 4.69) is 39.5 Å². The second-order valence-electron chi connectivity index (χ2n) is 12.8. The van der Waals surface area contributed by atoms with Gasteiger partial charge in [-0.2, -0.15) is 0 Å². The van der Waals surface area contributed by atoms with Crippen molar-refractivity contribution in [1.82, 2.24) is 4.90 Å². The SMILES string of the molecule is CCN1C2=C(C(=O)CC(C)(C)C2)C(c2cc(Cl)cc(Cl)c2OCc2ccc([N+](=O)[O-])cc2)C2=C1CC(C)(C)CC2=O. The number of hydrogen-bond donors (Lipinski definition) is 0. The van der Waals surface area contributed by atoms with Crippen LogP contribution in [0.25, 0.3) is 0 Å². The highest BCUT2D eigenvalue weighted by atomic mass is 35.5. The van der Waals surface area contributed by atoms with Gasteiger partial charge in [0, 0.05) is 70.6 Å². The lowest BCUT2D eigenvalue weighted by molar-refractivity contribution is -0.384. The van der Waals surface area contributed by atoms with E-state index in [1.807, 2.05) is 0 Å². The molecule has 0 aromatic heterocycles. The van der Waals surface area contributed by atoms with Crippen LogP contribution in [0, 0.1) is 20.9 Å². The molecule has 0 radical (unpaired) electrons. The van der Waals surface area contributed by atoms with Gasteiger partial charge in [0.2, 0.25) is 0 Å². The Hall–Kier alpha value is -3.16. The summed E-state index contributed by atoms with van der Waals surface area (Å²) in [5.41, 5.74) is 4.00. The third-order valence-corrected chi connectivity index (χ3v) is 8.72. The summed E-state index contributed by atoms with van der Waals surface area (Å²) in [4.78, 5) is 40.7. The summed E-state index contributed by atoms with van der Waals surface area (Å²) in [6, 6.07) is 9.43. The zero-order chi connectivity index (χ0) is 29.9. The van der Waals surface area contributed by atoms with E-state index in [4.69, 9.17) is 27.9 Å². The zero-order valence-electron chi connectivity index (χ0n) is 24.0. The Bertz CT molecular complexity index is 1470. The minimum absolute atomic E-state index is 0.0151. The number of nitro benzene ring substituents is 1. The van der Waals surface area contributed by atoms with E-state index in [9.17, 15) is 19.7 Å².